The number of carbonyl (C=O) groups excluding carboxylic acids is 1. The highest BCUT2D eigenvalue weighted by Crippen LogP contribution is 2.25. The highest BCUT2D eigenvalue weighted by atomic mass is 79.9. The molecule has 1 amide bonds. The Bertz CT molecular complexity index is 439. The van der Waals surface area contributed by atoms with Crippen molar-refractivity contribution in [2.24, 2.45) is 0 Å². The van der Waals surface area contributed by atoms with Gasteiger partial charge < -0.3 is 5.32 Å². The van der Waals surface area contributed by atoms with Crippen LogP contribution in [0.4, 0.5) is 5.69 Å². The first-order chi connectivity index (χ1) is 7.63. The van der Waals surface area contributed by atoms with E-state index in [-0.39, 0.29) is 5.91 Å². The van der Waals surface area contributed by atoms with Crippen molar-refractivity contribution in [2.75, 3.05) is 5.32 Å². The Kier molecular flexibility index (Phi) is 5.49. The number of halogens is 2. The quantitative estimate of drug-likeness (QED) is 0.643. The number of rotatable bonds is 3. The summed E-state index contributed by atoms with van der Waals surface area (Å²) in [7, 11) is 0. The van der Waals surface area contributed by atoms with Crippen molar-refractivity contribution in [2.45, 2.75) is 6.92 Å². The molecule has 1 N–H and O–H groups in total. The highest BCUT2D eigenvalue weighted by Gasteiger charge is 2.02. The van der Waals surface area contributed by atoms with Crippen molar-refractivity contribution in [1.29, 1.82) is 0 Å². The van der Waals surface area contributed by atoms with Crippen LogP contribution < -0.4 is 5.32 Å². The third kappa shape index (κ3) is 4.33. The van der Waals surface area contributed by atoms with Crippen molar-refractivity contribution >= 4 is 43.5 Å². The van der Waals surface area contributed by atoms with Crippen molar-refractivity contribution in [3.63, 3.8) is 0 Å². The van der Waals surface area contributed by atoms with E-state index in [0.29, 0.717) is 0 Å². The molecule has 0 heterocycles. The molecule has 2 nitrogen and oxygen atoms in total. The van der Waals surface area contributed by atoms with Gasteiger partial charge in [-0.3, -0.25) is 4.79 Å². The maximum atomic E-state index is 11.5. The number of carbonyl (C=O) groups is 1. The molecule has 16 heavy (non-hydrogen) atoms. The molecule has 0 fully saturated rings. The van der Waals surface area contributed by atoms with Crippen molar-refractivity contribution in [3.8, 4) is 0 Å². The van der Waals surface area contributed by atoms with Crippen LogP contribution in [0, 0.1) is 0 Å². The first kappa shape index (κ1) is 13.2. The Labute approximate surface area is 112 Å². The van der Waals surface area contributed by atoms with E-state index in [1.54, 1.807) is 12.2 Å². The van der Waals surface area contributed by atoms with Crippen LogP contribution in [0.15, 0.2) is 51.4 Å². The van der Waals surface area contributed by atoms with Gasteiger partial charge in [-0.15, -0.1) is 0 Å². The molecule has 0 radical (unpaired) electrons. The zero-order valence-electron chi connectivity index (χ0n) is 8.71. The largest absolute Gasteiger partial charge is 0.321 e. The van der Waals surface area contributed by atoms with Crippen LogP contribution in [-0.2, 0) is 4.79 Å². The lowest BCUT2D eigenvalue weighted by molar-refractivity contribution is -0.111. The van der Waals surface area contributed by atoms with Crippen LogP contribution in [0.3, 0.4) is 0 Å². The molecule has 4 heteroatoms. The number of hydrogen-bond acceptors (Lipinski definition) is 1. The molecule has 0 saturated heterocycles. The average molecular weight is 345 g/mol. The smallest absolute Gasteiger partial charge is 0.248 e. The van der Waals surface area contributed by atoms with E-state index in [0.717, 1.165) is 14.6 Å². The highest BCUT2D eigenvalue weighted by molar-refractivity contribution is 9.11. The van der Waals surface area contributed by atoms with E-state index in [1.807, 2.05) is 31.2 Å². The number of amides is 1. The molecule has 0 saturated carbocycles. The minimum absolute atomic E-state index is 0.152. The Morgan fingerprint density at radius 3 is 2.69 bits per heavy atom. The number of nitrogens with one attached hydrogen (secondary N) is 1. The zero-order chi connectivity index (χ0) is 12.0. The topological polar surface area (TPSA) is 29.1 Å². The van der Waals surface area contributed by atoms with Crippen molar-refractivity contribution < 1.29 is 4.79 Å². The summed E-state index contributed by atoms with van der Waals surface area (Å²) in [6.07, 6.45) is 6.84. The van der Waals surface area contributed by atoms with Gasteiger partial charge in [0.2, 0.25) is 5.91 Å². The van der Waals surface area contributed by atoms with Gasteiger partial charge in [-0.25, -0.2) is 0 Å². The van der Waals surface area contributed by atoms with Gasteiger partial charge in [0, 0.05) is 15.0 Å². The lowest BCUT2D eigenvalue weighted by atomic mass is 10.3. The number of anilines is 1. The number of hydrogen-bond donors (Lipinski definition) is 1. The van der Waals surface area contributed by atoms with Crippen LogP contribution in [0.25, 0.3) is 0 Å². The molecule has 84 valence electrons. The van der Waals surface area contributed by atoms with Crippen LogP contribution >= 0.6 is 31.9 Å². The summed E-state index contributed by atoms with van der Waals surface area (Å²) in [6.45, 7) is 1.90. The third-order valence-corrected chi connectivity index (χ3v) is 2.89. The monoisotopic (exact) mass is 343 g/mol. The van der Waals surface area contributed by atoms with Crippen molar-refractivity contribution in [3.05, 3.63) is 51.4 Å². The predicted molar refractivity (Wildman–Crippen MR) is 74.4 cm³/mol. The summed E-state index contributed by atoms with van der Waals surface area (Å²) >= 11 is 6.72. The third-order valence-electron chi connectivity index (χ3n) is 1.74. The maximum Gasteiger partial charge on any atom is 0.248 e. The molecule has 1 rings (SSSR count). The van der Waals surface area contributed by atoms with E-state index in [9.17, 15) is 4.79 Å². The molecule has 0 bridgehead atoms. The molecule has 0 aromatic heterocycles. The first-order valence-corrected chi connectivity index (χ1v) is 6.27. The minimum atomic E-state index is -0.152. The molecule has 1 aromatic carbocycles. The molecule has 1 aromatic rings. The molecular weight excluding hydrogens is 334 g/mol. The van der Waals surface area contributed by atoms with Gasteiger partial charge >= 0.3 is 0 Å². The van der Waals surface area contributed by atoms with Crippen LogP contribution in [0.5, 0.6) is 0 Å². The Hall–Kier alpha value is -0.870. The van der Waals surface area contributed by atoms with Gasteiger partial charge in [0.15, 0.2) is 0 Å². The lowest BCUT2D eigenvalue weighted by Crippen LogP contribution is -2.08. The van der Waals surface area contributed by atoms with Gasteiger partial charge in [-0.1, -0.05) is 34.2 Å². The molecule has 0 atom stereocenters. The van der Waals surface area contributed by atoms with Crippen LogP contribution in [-0.4, -0.2) is 5.91 Å². The molecule has 0 aliphatic rings. The van der Waals surface area contributed by atoms with Gasteiger partial charge in [0.25, 0.3) is 0 Å². The van der Waals surface area contributed by atoms with Gasteiger partial charge in [-0.05, 0) is 41.1 Å². The molecule has 0 aliphatic carbocycles. The zero-order valence-corrected chi connectivity index (χ0v) is 11.9. The Morgan fingerprint density at radius 1 is 1.31 bits per heavy atom. The van der Waals surface area contributed by atoms with Gasteiger partial charge in [0.1, 0.15) is 0 Å². The van der Waals surface area contributed by atoms with E-state index < -0.39 is 0 Å². The summed E-state index contributed by atoms with van der Waals surface area (Å²) in [5.74, 6) is -0.152. The molecule has 0 unspecified atom stereocenters. The number of allylic oxidation sites excluding steroid dienone is 3. The molecular formula is C12H11Br2NO. The fraction of sp³-hybridized carbons (Fsp3) is 0.0833. The second-order valence-corrected chi connectivity index (χ2v) is 4.77. The summed E-state index contributed by atoms with van der Waals surface area (Å²) in [5, 5.41) is 2.77. The van der Waals surface area contributed by atoms with Gasteiger partial charge in [-0.2, -0.15) is 0 Å². The fourth-order valence-corrected chi connectivity index (χ4v) is 2.17. The predicted octanol–water partition coefficient (Wildman–Crippen LogP) is 4.28. The van der Waals surface area contributed by atoms with E-state index in [2.05, 4.69) is 37.2 Å². The normalized spacial score (nSPS) is 11.2. The van der Waals surface area contributed by atoms with E-state index in [1.165, 1.54) is 6.08 Å². The standard InChI is InChI=1S/C12H11Br2NO/c1-2-3-4-5-12(16)15-11-7-6-9(13)8-10(11)14/h2-8H,1H3,(H,15,16)/b3-2+,5-4+. The van der Waals surface area contributed by atoms with E-state index >= 15 is 0 Å². The average Bonchev–Trinajstić information content (AvgIpc) is 2.23. The van der Waals surface area contributed by atoms with Gasteiger partial charge in [0.05, 0.1) is 5.69 Å². The van der Waals surface area contributed by atoms with Crippen molar-refractivity contribution in [1.82, 2.24) is 0 Å². The second kappa shape index (κ2) is 6.66. The second-order valence-electron chi connectivity index (χ2n) is 3.00. The van der Waals surface area contributed by atoms with E-state index in [4.69, 9.17) is 0 Å². The summed E-state index contributed by atoms with van der Waals surface area (Å²) in [5.41, 5.74) is 0.748. The number of benzene rings is 1. The SMILES string of the molecule is C/C=C/C=C/C(=O)Nc1ccc(Br)cc1Br. The lowest BCUT2D eigenvalue weighted by Gasteiger charge is -2.04. The fourth-order valence-electron chi connectivity index (χ4n) is 1.02. The summed E-state index contributed by atoms with van der Waals surface area (Å²) in [4.78, 5) is 11.5. The summed E-state index contributed by atoms with van der Waals surface area (Å²) < 4.78 is 1.80. The molecule has 0 spiro atoms. The van der Waals surface area contributed by atoms with Crippen LogP contribution in [0.2, 0.25) is 0 Å². The first-order valence-electron chi connectivity index (χ1n) is 4.69. The maximum absolute atomic E-state index is 11.5. The Balaban J connectivity index is 2.70. The summed E-state index contributed by atoms with van der Waals surface area (Å²) in [6, 6.07) is 5.58. The minimum Gasteiger partial charge on any atom is -0.321 e. The Morgan fingerprint density at radius 2 is 2.06 bits per heavy atom. The molecule has 0 aliphatic heterocycles. The van der Waals surface area contributed by atoms with Crippen LogP contribution in [0.1, 0.15) is 6.92 Å².